The van der Waals surface area contributed by atoms with E-state index in [-0.39, 0.29) is 0 Å². The quantitative estimate of drug-likeness (QED) is 0.788. The number of hydrogen-bond donors (Lipinski definition) is 2. The molecule has 1 saturated carbocycles. The molecule has 0 spiro atoms. The summed E-state index contributed by atoms with van der Waals surface area (Å²) in [6.45, 7) is 10.8. The van der Waals surface area contributed by atoms with Crippen LogP contribution in [0.5, 0.6) is 0 Å². The fourth-order valence-corrected chi connectivity index (χ4v) is 1.96. The van der Waals surface area contributed by atoms with E-state index >= 15 is 0 Å². The summed E-state index contributed by atoms with van der Waals surface area (Å²) in [5, 5.41) is 7.02. The smallest absolute Gasteiger partial charge is 0.126 e. The van der Waals surface area contributed by atoms with Gasteiger partial charge in [-0.15, -0.1) is 0 Å². The van der Waals surface area contributed by atoms with Gasteiger partial charge in [-0.05, 0) is 42.4 Å². The summed E-state index contributed by atoms with van der Waals surface area (Å²) < 4.78 is 0. The molecule has 1 aromatic heterocycles. The van der Waals surface area contributed by atoms with E-state index in [0.717, 1.165) is 24.9 Å². The summed E-state index contributed by atoms with van der Waals surface area (Å²) in [5.41, 5.74) is 2.53. The molecule has 1 aliphatic rings. The van der Waals surface area contributed by atoms with Gasteiger partial charge in [0, 0.05) is 24.8 Å². The molecule has 0 atom stereocenters. The highest BCUT2D eigenvalue weighted by Crippen LogP contribution is 2.21. The lowest BCUT2D eigenvalue weighted by Crippen LogP contribution is -2.16. The summed E-state index contributed by atoms with van der Waals surface area (Å²) in [7, 11) is 0. The normalized spacial score (nSPS) is 15.3. The Balaban J connectivity index is 2.06. The Morgan fingerprint density at radius 1 is 1.21 bits per heavy atom. The molecule has 0 bridgehead atoms. The Bertz CT molecular complexity index is 384. The van der Waals surface area contributed by atoms with Crippen LogP contribution in [-0.4, -0.2) is 17.6 Å². The fraction of sp³-hybridized carbons (Fsp3) is 0.688. The maximum Gasteiger partial charge on any atom is 0.126 e. The summed E-state index contributed by atoms with van der Waals surface area (Å²) >= 11 is 0. The van der Waals surface area contributed by atoms with Gasteiger partial charge in [-0.25, -0.2) is 4.98 Å². The molecule has 3 heteroatoms. The van der Waals surface area contributed by atoms with Crippen molar-refractivity contribution in [1.82, 2.24) is 10.3 Å². The van der Waals surface area contributed by atoms with Gasteiger partial charge in [0.15, 0.2) is 0 Å². The van der Waals surface area contributed by atoms with Crippen LogP contribution in [0.2, 0.25) is 0 Å². The number of anilines is 1. The third-order valence-electron chi connectivity index (χ3n) is 3.36. The molecule has 19 heavy (non-hydrogen) atoms. The number of nitrogens with one attached hydrogen (secondary N) is 2. The summed E-state index contributed by atoms with van der Waals surface area (Å²) in [6.07, 6.45) is 2.67. The molecule has 0 saturated heterocycles. The lowest BCUT2D eigenvalue weighted by Gasteiger charge is -2.14. The van der Waals surface area contributed by atoms with E-state index in [4.69, 9.17) is 4.98 Å². The summed E-state index contributed by atoms with van der Waals surface area (Å²) in [4.78, 5) is 4.71. The van der Waals surface area contributed by atoms with Crippen molar-refractivity contribution < 1.29 is 0 Å². The molecule has 1 fully saturated rings. The average Bonchev–Trinajstić information content (AvgIpc) is 3.17. The third-order valence-corrected chi connectivity index (χ3v) is 3.36. The van der Waals surface area contributed by atoms with Gasteiger partial charge in [0.25, 0.3) is 0 Å². The first kappa shape index (κ1) is 14.3. The standard InChI is InChI=1S/C16H27N3/c1-11(2)9-18-16-8-13(10-17-14-5-6-14)7-15(19-16)12(3)4/h7-8,11-12,14,17H,5-6,9-10H2,1-4H3,(H,18,19). The first-order valence-electron chi connectivity index (χ1n) is 7.52. The maximum atomic E-state index is 4.71. The van der Waals surface area contributed by atoms with E-state index in [9.17, 15) is 0 Å². The van der Waals surface area contributed by atoms with E-state index in [1.165, 1.54) is 24.1 Å². The largest absolute Gasteiger partial charge is 0.370 e. The maximum absolute atomic E-state index is 4.71. The Kier molecular flexibility index (Phi) is 4.81. The van der Waals surface area contributed by atoms with Crippen molar-refractivity contribution in [3.05, 3.63) is 23.4 Å². The molecule has 1 aromatic rings. The second kappa shape index (κ2) is 6.38. The Morgan fingerprint density at radius 2 is 1.95 bits per heavy atom. The molecule has 3 nitrogen and oxygen atoms in total. The number of hydrogen-bond acceptors (Lipinski definition) is 3. The van der Waals surface area contributed by atoms with Crippen molar-refractivity contribution in [3.63, 3.8) is 0 Å². The molecule has 0 aliphatic heterocycles. The monoisotopic (exact) mass is 261 g/mol. The van der Waals surface area contributed by atoms with Crippen LogP contribution < -0.4 is 10.6 Å². The molecule has 2 N–H and O–H groups in total. The number of pyridine rings is 1. The van der Waals surface area contributed by atoms with Gasteiger partial charge in [-0.1, -0.05) is 27.7 Å². The van der Waals surface area contributed by atoms with Crippen LogP contribution in [-0.2, 0) is 6.54 Å². The van der Waals surface area contributed by atoms with Crippen LogP contribution in [0, 0.1) is 5.92 Å². The molecule has 2 rings (SSSR count). The molecule has 106 valence electrons. The number of nitrogens with zero attached hydrogens (tertiary/aromatic N) is 1. The molecule has 0 aromatic carbocycles. The topological polar surface area (TPSA) is 37.0 Å². The van der Waals surface area contributed by atoms with Crippen LogP contribution >= 0.6 is 0 Å². The molecule has 0 radical (unpaired) electrons. The highest BCUT2D eigenvalue weighted by molar-refractivity contribution is 5.40. The molecule has 1 heterocycles. The van der Waals surface area contributed by atoms with E-state index in [0.29, 0.717) is 11.8 Å². The zero-order valence-corrected chi connectivity index (χ0v) is 12.7. The second-order valence-corrected chi connectivity index (χ2v) is 6.37. The van der Waals surface area contributed by atoms with Crippen LogP contribution in [0.4, 0.5) is 5.82 Å². The minimum absolute atomic E-state index is 0.473. The van der Waals surface area contributed by atoms with Crippen molar-refractivity contribution >= 4 is 5.82 Å². The third kappa shape index (κ3) is 4.83. The average molecular weight is 261 g/mol. The van der Waals surface area contributed by atoms with Crippen molar-refractivity contribution in [1.29, 1.82) is 0 Å². The van der Waals surface area contributed by atoms with E-state index in [1.807, 2.05) is 0 Å². The van der Waals surface area contributed by atoms with Crippen LogP contribution in [0.25, 0.3) is 0 Å². The number of aromatic nitrogens is 1. The first-order valence-corrected chi connectivity index (χ1v) is 7.52. The molecule has 1 aliphatic carbocycles. The van der Waals surface area contributed by atoms with Crippen LogP contribution in [0.1, 0.15) is 57.7 Å². The summed E-state index contributed by atoms with van der Waals surface area (Å²) in [5.74, 6) is 2.13. The molecule has 0 unspecified atom stereocenters. The van der Waals surface area contributed by atoms with Gasteiger partial charge in [0.1, 0.15) is 5.82 Å². The Labute approximate surface area is 117 Å². The van der Waals surface area contributed by atoms with Gasteiger partial charge in [-0.2, -0.15) is 0 Å². The minimum atomic E-state index is 0.473. The van der Waals surface area contributed by atoms with Crippen molar-refractivity contribution in [3.8, 4) is 0 Å². The highest BCUT2D eigenvalue weighted by atomic mass is 15.0. The zero-order chi connectivity index (χ0) is 13.8. The number of rotatable bonds is 7. The SMILES string of the molecule is CC(C)CNc1cc(CNC2CC2)cc(C(C)C)n1. The van der Waals surface area contributed by atoms with E-state index in [1.54, 1.807) is 0 Å². The Hall–Kier alpha value is -1.09. The van der Waals surface area contributed by atoms with Crippen molar-refractivity contribution in [2.75, 3.05) is 11.9 Å². The summed E-state index contributed by atoms with van der Waals surface area (Å²) in [6, 6.07) is 5.17. The van der Waals surface area contributed by atoms with Gasteiger partial charge < -0.3 is 10.6 Å². The van der Waals surface area contributed by atoms with E-state index < -0.39 is 0 Å². The van der Waals surface area contributed by atoms with Gasteiger partial charge in [0.05, 0.1) is 0 Å². The molecular weight excluding hydrogens is 234 g/mol. The van der Waals surface area contributed by atoms with Crippen LogP contribution in [0.3, 0.4) is 0 Å². The molecular formula is C16H27N3. The van der Waals surface area contributed by atoms with Crippen molar-refractivity contribution in [2.24, 2.45) is 5.92 Å². The van der Waals surface area contributed by atoms with Gasteiger partial charge in [0.2, 0.25) is 0 Å². The van der Waals surface area contributed by atoms with Gasteiger partial charge >= 0.3 is 0 Å². The first-order chi connectivity index (χ1) is 9.04. The minimum Gasteiger partial charge on any atom is -0.370 e. The highest BCUT2D eigenvalue weighted by Gasteiger charge is 2.20. The molecule has 0 amide bonds. The second-order valence-electron chi connectivity index (χ2n) is 6.37. The van der Waals surface area contributed by atoms with Crippen LogP contribution in [0.15, 0.2) is 12.1 Å². The van der Waals surface area contributed by atoms with E-state index in [2.05, 4.69) is 50.5 Å². The zero-order valence-electron chi connectivity index (χ0n) is 12.7. The lowest BCUT2D eigenvalue weighted by atomic mass is 10.1. The lowest BCUT2D eigenvalue weighted by molar-refractivity contribution is 0.678. The Morgan fingerprint density at radius 3 is 2.53 bits per heavy atom. The van der Waals surface area contributed by atoms with Crippen molar-refractivity contribution in [2.45, 2.75) is 59.0 Å². The fourth-order valence-electron chi connectivity index (χ4n) is 1.96. The predicted octanol–water partition coefficient (Wildman–Crippen LogP) is 3.52. The predicted molar refractivity (Wildman–Crippen MR) is 81.5 cm³/mol. The van der Waals surface area contributed by atoms with Gasteiger partial charge in [-0.3, -0.25) is 0 Å².